The van der Waals surface area contributed by atoms with E-state index in [9.17, 15) is 4.79 Å². The first-order valence-electron chi connectivity index (χ1n) is 14.4. The number of benzene rings is 2. The van der Waals surface area contributed by atoms with Crippen molar-refractivity contribution in [2.45, 2.75) is 58.7 Å². The van der Waals surface area contributed by atoms with Gasteiger partial charge >= 0.3 is 0 Å². The Hall–Kier alpha value is -3.48. The zero-order chi connectivity index (χ0) is 28.4. The van der Waals surface area contributed by atoms with E-state index in [1.165, 1.54) is 33.5 Å². The van der Waals surface area contributed by atoms with Gasteiger partial charge < -0.3 is 15.0 Å². The third kappa shape index (κ3) is 5.70. The number of nitrogens with one attached hydrogen (secondary N) is 1. The van der Waals surface area contributed by atoms with Crippen molar-refractivity contribution in [2.24, 2.45) is 0 Å². The number of pyridine rings is 1. The van der Waals surface area contributed by atoms with Crippen LogP contribution in [0.1, 0.15) is 66.7 Å². The van der Waals surface area contributed by atoms with Gasteiger partial charge in [-0.1, -0.05) is 42.0 Å². The van der Waals surface area contributed by atoms with Gasteiger partial charge in [0.15, 0.2) is 5.78 Å². The number of fused-ring (bicyclic) bond motifs is 1. The molecule has 2 unspecified atom stereocenters. The highest BCUT2D eigenvalue weighted by Crippen LogP contribution is 2.39. The predicted molar refractivity (Wildman–Crippen MR) is 165 cm³/mol. The number of carbonyl (C=O) groups excluding carboxylic acids is 1. The van der Waals surface area contributed by atoms with E-state index >= 15 is 0 Å². The number of rotatable bonds is 8. The smallest absolute Gasteiger partial charge is 0.159 e. The molecule has 0 radical (unpaired) electrons. The molecular weight excluding hydrogens is 496 g/mol. The Bertz CT molecular complexity index is 1390. The van der Waals surface area contributed by atoms with Gasteiger partial charge in [-0.25, -0.2) is 0 Å². The second-order valence-electron chi connectivity index (χ2n) is 11.4. The molecule has 3 aromatic rings. The number of carbonyl (C=O) groups is 1. The highest BCUT2D eigenvalue weighted by molar-refractivity contribution is 5.94. The van der Waals surface area contributed by atoms with E-state index in [4.69, 9.17) is 4.74 Å². The van der Waals surface area contributed by atoms with Crippen LogP contribution >= 0.6 is 0 Å². The van der Waals surface area contributed by atoms with E-state index < -0.39 is 0 Å². The summed E-state index contributed by atoms with van der Waals surface area (Å²) in [6.07, 6.45) is 6.67. The summed E-state index contributed by atoms with van der Waals surface area (Å²) < 4.78 is 5.40. The number of aryl methyl sites for hydroxylation is 1. The number of ether oxygens (including phenoxy) is 1. The van der Waals surface area contributed by atoms with Crippen molar-refractivity contribution in [3.63, 3.8) is 0 Å². The standard InChI is InChI=1S/C34H42N4O2/c1-22(24(3)38-17-14-28(15-18-38)27-9-7-26(8-10-27)25(4)39)19-31-23(2)35-16-13-30(31)29-11-12-32-33(20-29)37(5)34(36-32)21-40-6/h7-13,16,19-20,24,28,34,36H,14-15,17-18,21H2,1-6H3/b22-19+. The maximum Gasteiger partial charge on any atom is 0.159 e. The fraction of sp³-hybridized carbons (Fsp3) is 0.412. The number of hydrogen-bond acceptors (Lipinski definition) is 6. The zero-order valence-corrected chi connectivity index (χ0v) is 24.7. The van der Waals surface area contributed by atoms with Crippen molar-refractivity contribution in [2.75, 3.05) is 44.1 Å². The lowest BCUT2D eigenvalue weighted by Crippen LogP contribution is -2.40. The van der Waals surface area contributed by atoms with Gasteiger partial charge in [0.1, 0.15) is 6.17 Å². The fourth-order valence-electron chi connectivity index (χ4n) is 6.13. The first kappa shape index (κ1) is 28.1. The van der Waals surface area contributed by atoms with Crippen molar-refractivity contribution in [1.82, 2.24) is 9.88 Å². The number of likely N-dealkylation sites (N-methyl/N-ethyl adjacent to an activating group) is 1. The first-order valence-corrected chi connectivity index (χ1v) is 14.4. The quantitative estimate of drug-likeness (QED) is 0.320. The Morgan fingerprint density at radius 3 is 2.52 bits per heavy atom. The van der Waals surface area contributed by atoms with Crippen LogP contribution in [-0.4, -0.2) is 61.7 Å². The van der Waals surface area contributed by atoms with E-state index in [-0.39, 0.29) is 11.9 Å². The zero-order valence-electron chi connectivity index (χ0n) is 24.7. The molecule has 6 nitrogen and oxygen atoms in total. The Kier molecular flexibility index (Phi) is 8.38. The van der Waals surface area contributed by atoms with Crippen LogP contribution in [0.5, 0.6) is 0 Å². The van der Waals surface area contributed by atoms with Gasteiger partial charge in [0, 0.05) is 43.2 Å². The molecule has 2 aliphatic rings. The average Bonchev–Trinajstić information content (AvgIpc) is 3.28. The minimum absolute atomic E-state index is 0.126. The molecule has 0 spiro atoms. The molecule has 0 bridgehead atoms. The fourth-order valence-corrected chi connectivity index (χ4v) is 6.13. The number of ketones is 1. The summed E-state index contributed by atoms with van der Waals surface area (Å²) in [5.74, 6) is 0.678. The summed E-state index contributed by atoms with van der Waals surface area (Å²) >= 11 is 0. The first-order chi connectivity index (χ1) is 19.3. The number of anilines is 2. The lowest BCUT2D eigenvalue weighted by Gasteiger charge is -2.37. The van der Waals surface area contributed by atoms with Crippen molar-refractivity contribution in [1.29, 1.82) is 0 Å². The highest BCUT2D eigenvalue weighted by Gasteiger charge is 2.27. The van der Waals surface area contributed by atoms with Crippen LogP contribution in [0.25, 0.3) is 17.2 Å². The van der Waals surface area contributed by atoms with E-state index in [0.717, 1.165) is 42.9 Å². The number of methoxy groups -OCH3 is 1. The summed E-state index contributed by atoms with van der Waals surface area (Å²) in [5.41, 5.74) is 10.4. The molecule has 1 N–H and O–H groups in total. The molecule has 1 aromatic heterocycles. The molecule has 0 aliphatic carbocycles. The van der Waals surface area contributed by atoms with Crippen molar-refractivity contribution in [3.05, 3.63) is 82.7 Å². The Morgan fingerprint density at radius 1 is 1.12 bits per heavy atom. The molecule has 2 aliphatic heterocycles. The number of hydrogen-bond donors (Lipinski definition) is 1. The molecule has 3 heterocycles. The Balaban J connectivity index is 1.32. The minimum Gasteiger partial charge on any atom is -0.381 e. The molecule has 6 heteroatoms. The minimum atomic E-state index is 0.126. The van der Waals surface area contributed by atoms with E-state index in [2.05, 4.69) is 90.4 Å². The van der Waals surface area contributed by atoms with Gasteiger partial charge in [-0.15, -0.1) is 0 Å². The molecule has 1 fully saturated rings. The molecular formula is C34H42N4O2. The normalized spacial score (nSPS) is 18.9. The second kappa shape index (κ2) is 11.9. The number of aromatic nitrogens is 1. The molecule has 210 valence electrons. The van der Waals surface area contributed by atoms with E-state index in [1.807, 2.05) is 18.3 Å². The number of likely N-dealkylation sites (tertiary alicyclic amines) is 1. The third-order valence-electron chi connectivity index (χ3n) is 8.89. The van der Waals surface area contributed by atoms with Crippen LogP contribution in [0.3, 0.4) is 0 Å². The number of piperidine rings is 1. The second-order valence-corrected chi connectivity index (χ2v) is 11.4. The van der Waals surface area contributed by atoms with Gasteiger partial charge in [-0.2, -0.15) is 0 Å². The number of nitrogens with zero attached hydrogens (tertiary/aromatic N) is 3. The van der Waals surface area contributed by atoms with Gasteiger partial charge in [-0.3, -0.25) is 14.7 Å². The van der Waals surface area contributed by atoms with Gasteiger partial charge in [0.2, 0.25) is 0 Å². The van der Waals surface area contributed by atoms with E-state index in [1.54, 1.807) is 14.0 Å². The van der Waals surface area contributed by atoms with Crippen molar-refractivity contribution < 1.29 is 9.53 Å². The van der Waals surface area contributed by atoms with E-state index in [0.29, 0.717) is 18.6 Å². The summed E-state index contributed by atoms with van der Waals surface area (Å²) in [7, 11) is 3.85. The van der Waals surface area contributed by atoms with Gasteiger partial charge in [0.05, 0.1) is 18.0 Å². The van der Waals surface area contributed by atoms with Crippen molar-refractivity contribution >= 4 is 23.2 Å². The molecule has 0 amide bonds. The largest absolute Gasteiger partial charge is 0.381 e. The predicted octanol–water partition coefficient (Wildman–Crippen LogP) is 6.77. The summed E-state index contributed by atoms with van der Waals surface area (Å²) in [5, 5.41) is 3.55. The average molecular weight is 539 g/mol. The third-order valence-corrected chi connectivity index (χ3v) is 8.89. The van der Waals surface area contributed by atoms with Crippen molar-refractivity contribution in [3.8, 4) is 11.1 Å². The van der Waals surface area contributed by atoms with Crippen LogP contribution in [0.4, 0.5) is 11.4 Å². The van der Waals surface area contributed by atoms with Crippen LogP contribution in [0.15, 0.2) is 60.3 Å². The highest BCUT2D eigenvalue weighted by atomic mass is 16.5. The Labute approximate surface area is 239 Å². The van der Waals surface area contributed by atoms with Crippen LogP contribution in [-0.2, 0) is 4.74 Å². The van der Waals surface area contributed by atoms with Gasteiger partial charge in [0.25, 0.3) is 0 Å². The van der Waals surface area contributed by atoms with Crippen LogP contribution < -0.4 is 10.2 Å². The molecule has 5 rings (SSSR count). The lowest BCUT2D eigenvalue weighted by molar-refractivity contribution is 0.101. The molecule has 2 atom stereocenters. The molecule has 1 saturated heterocycles. The Morgan fingerprint density at radius 2 is 1.85 bits per heavy atom. The molecule has 40 heavy (non-hydrogen) atoms. The maximum atomic E-state index is 11.6. The van der Waals surface area contributed by atoms with Crippen LogP contribution in [0, 0.1) is 6.92 Å². The van der Waals surface area contributed by atoms with Gasteiger partial charge in [-0.05, 0) is 94.4 Å². The lowest BCUT2D eigenvalue weighted by atomic mass is 9.87. The topological polar surface area (TPSA) is 57.7 Å². The molecule has 2 aromatic carbocycles. The summed E-state index contributed by atoms with van der Waals surface area (Å²) in [4.78, 5) is 21.1. The van der Waals surface area contributed by atoms with Crippen LogP contribution in [0.2, 0.25) is 0 Å². The maximum absolute atomic E-state index is 11.6. The SMILES string of the molecule is COCC1Nc2ccc(-c3ccnc(C)c3/C=C(\C)C(C)N3CCC(c4ccc(C(C)=O)cc4)CC3)cc2N1C. The summed E-state index contributed by atoms with van der Waals surface area (Å²) in [6.45, 7) is 11.1. The summed E-state index contributed by atoms with van der Waals surface area (Å²) in [6, 6.07) is 17.4. The molecule has 0 saturated carbocycles. The monoisotopic (exact) mass is 538 g/mol. The number of Topliss-reactive ketones (excluding diaryl/α,β-unsaturated/α-hetero) is 1.